The highest BCUT2D eigenvalue weighted by atomic mass is 19.1. The molecule has 25 heavy (non-hydrogen) atoms. The third-order valence-corrected chi connectivity index (χ3v) is 4.23. The van der Waals surface area contributed by atoms with E-state index in [0.29, 0.717) is 11.4 Å². The van der Waals surface area contributed by atoms with E-state index in [0.717, 1.165) is 24.5 Å². The first-order chi connectivity index (χ1) is 12.2. The molecule has 1 aliphatic heterocycles. The van der Waals surface area contributed by atoms with E-state index in [1.165, 1.54) is 29.8 Å². The Kier molecular flexibility index (Phi) is 3.90. The fourth-order valence-electron chi connectivity index (χ4n) is 3.00. The maximum atomic E-state index is 13.0. The Balaban J connectivity index is 1.57. The number of hydrogen-bond acceptors (Lipinski definition) is 3. The molecule has 4 nitrogen and oxygen atoms in total. The molecule has 1 aliphatic rings. The van der Waals surface area contributed by atoms with Crippen LogP contribution in [0.3, 0.4) is 0 Å². The lowest BCUT2D eigenvalue weighted by Gasteiger charge is -2.18. The van der Waals surface area contributed by atoms with Gasteiger partial charge in [-0.15, -0.1) is 0 Å². The molecule has 3 aromatic rings. The van der Waals surface area contributed by atoms with Gasteiger partial charge in [0, 0.05) is 17.9 Å². The minimum atomic E-state index is -0.342. The van der Waals surface area contributed by atoms with Gasteiger partial charge in [0.15, 0.2) is 0 Å². The first kappa shape index (κ1) is 15.3. The van der Waals surface area contributed by atoms with E-state index in [1.54, 1.807) is 6.07 Å². The maximum absolute atomic E-state index is 13.0. The van der Waals surface area contributed by atoms with E-state index < -0.39 is 0 Å². The van der Waals surface area contributed by atoms with Crippen LogP contribution in [0.1, 0.15) is 16.1 Å². The molecule has 0 radical (unpaired) electrons. The van der Waals surface area contributed by atoms with Gasteiger partial charge in [-0.05, 0) is 54.4 Å². The van der Waals surface area contributed by atoms with E-state index in [1.807, 2.05) is 24.3 Å². The number of hydrogen-bond donors (Lipinski definition) is 1. The number of amides is 1. The molecule has 5 heteroatoms. The van der Waals surface area contributed by atoms with E-state index in [9.17, 15) is 9.18 Å². The lowest BCUT2D eigenvalue weighted by atomic mass is 10.2. The van der Waals surface area contributed by atoms with Gasteiger partial charge in [0.2, 0.25) is 0 Å². The van der Waals surface area contributed by atoms with Gasteiger partial charge < -0.3 is 10.2 Å². The Bertz CT molecular complexity index is 924. The molecule has 0 spiro atoms. The number of anilines is 3. The number of nitrogens with zero attached hydrogens (tertiary/aromatic N) is 2. The molecule has 2 heterocycles. The summed E-state index contributed by atoms with van der Waals surface area (Å²) in [4.78, 5) is 19.0. The van der Waals surface area contributed by atoms with Gasteiger partial charge >= 0.3 is 0 Å². The molecule has 1 N–H and O–H groups in total. The minimum Gasteiger partial charge on any atom is -0.326 e. The number of carbonyl (C=O) groups excluding carboxylic acids is 1. The number of benzene rings is 2. The topological polar surface area (TPSA) is 45.2 Å². The fourth-order valence-corrected chi connectivity index (χ4v) is 3.00. The number of rotatable bonds is 3. The van der Waals surface area contributed by atoms with E-state index in [-0.39, 0.29) is 11.7 Å². The maximum Gasteiger partial charge on any atom is 0.274 e. The van der Waals surface area contributed by atoms with Gasteiger partial charge in [-0.1, -0.05) is 24.3 Å². The highest BCUT2D eigenvalue weighted by Crippen LogP contribution is 2.33. The highest BCUT2D eigenvalue weighted by molar-refractivity contribution is 6.03. The number of nitrogens with one attached hydrogen (secondary N) is 1. The standard InChI is InChI=1S/C20H16FN3O/c21-15-8-10-16(11-9-15)22-20(25)17-5-3-7-19(23-17)24-13-12-14-4-1-2-6-18(14)24/h1-11H,12-13H2,(H,22,25). The number of fused-ring (bicyclic) bond motifs is 1. The Labute approximate surface area is 144 Å². The Hall–Kier alpha value is -3.21. The van der Waals surface area contributed by atoms with E-state index in [2.05, 4.69) is 27.3 Å². The summed E-state index contributed by atoms with van der Waals surface area (Å²) in [6.45, 7) is 0.843. The van der Waals surface area contributed by atoms with Crippen molar-refractivity contribution in [1.29, 1.82) is 0 Å². The first-order valence-electron chi connectivity index (χ1n) is 8.10. The fraction of sp³-hybridized carbons (Fsp3) is 0.100. The van der Waals surface area contributed by atoms with Crippen LogP contribution in [0, 0.1) is 5.82 Å². The predicted molar refractivity (Wildman–Crippen MR) is 95.7 cm³/mol. The smallest absolute Gasteiger partial charge is 0.274 e. The van der Waals surface area contributed by atoms with Gasteiger partial charge in [0.25, 0.3) is 5.91 Å². The number of aromatic nitrogens is 1. The molecule has 124 valence electrons. The zero-order chi connectivity index (χ0) is 17.2. The number of pyridine rings is 1. The average molecular weight is 333 g/mol. The normalized spacial score (nSPS) is 12.8. The van der Waals surface area contributed by atoms with Crippen LogP contribution in [0.25, 0.3) is 0 Å². The Morgan fingerprint density at radius 1 is 1.00 bits per heavy atom. The molecular weight excluding hydrogens is 317 g/mol. The molecule has 0 atom stereocenters. The van der Waals surface area contributed by atoms with E-state index >= 15 is 0 Å². The molecule has 0 saturated heterocycles. The molecule has 0 fully saturated rings. The van der Waals surface area contributed by atoms with Crippen molar-refractivity contribution in [3.63, 3.8) is 0 Å². The summed E-state index contributed by atoms with van der Waals surface area (Å²) in [6.07, 6.45) is 0.962. The van der Waals surface area contributed by atoms with Crippen molar-refractivity contribution in [2.75, 3.05) is 16.8 Å². The molecule has 0 unspecified atom stereocenters. The van der Waals surface area contributed by atoms with E-state index in [4.69, 9.17) is 0 Å². The van der Waals surface area contributed by atoms with Crippen molar-refractivity contribution in [3.05, 3.63) is 83.8 Å². The molecule has 0 bridgehead atoms. The molecule has 0 aliphatic carbocycles. The minimum absolute atomic E-state index is 0.319. The van der Waals surface area contributed by atoms with Crippen LogP contribution in [-0.4, -0.2) is 17.4 Å². The third-order valence-electron chi connectivity index (χ3n) is 4.23. The molecule has 4 rings (SSSR count). The van der Waals surface area contributed by atoms with Gasteiger partial charge in [0.05, 0.1) is 0 Å². The van der Waals surface area contributed by atoms with Gasteiger partial charge in [0.1, 0.15) is 17.3 Å². The summed E-state index contributed by atoms with van der Waals surface area (Å²) in [5.74, 6) is 0.0865. The third kappa shape index (κ3) is 3.08. The monoisotopic (exact) mass is 333 g/mol. The molecule has 1 amide bonds. The molecule has 1 aromatic heterocycles. The molecule has 2 aromatic carbocycles. The zero-order valence-electron chi connectivity index (χ0n) is 13.4. The first-order valence-corrected chi connectivity index (χ1v) is 8.10. The predicted octanol–water partition coefficient (Wildman–Crippen LogP) is 4.17. The Morgan fingerprint density at radius 2 is 1.80 bits per heavy atom. The number of carbonyl (C=O) groups is 1. The van der Waals surface area contributed by atoms with Crippen molar-refractivity contribution in [2.45, 2.75) is 6.42 Å². The largest absolute Gasteiger partial charge is 0.326 e. The van der Waals surface area contributed by atoms with Crippen LogP contribution in [0.2, 0.25) is 0 Å². The second kappa shape index (κ2) is 6.36. The second-order valence-electron chi connectivity index (χ2n) is 5.87. The van der Waals surface area contributed by atoms with Gasteiger partial charge in [-0.2, -0.15) is 0 Å². The number of halogens is 1. The lowest BCUT2D eigenvalue weighted by molar-refractivity contribution is 0.102. The zero-order valence-corrected chi connectivity index (χ0v) is 13.4. The van der Waals surface area contributed by atoms with Crippen molar-refractivity contribution < 1.29 is 9.18 Å². The molecular formula is C20H16FN3O. The summed E-state index contributed by atoms with van der Waals surface area (Å²) < 4.78 is 13.0. The summed E-state index contributed by atoms with van der Waals surface area (Å²) in [7, 11) is 0. The average Bonchev–Trinajstić information content (AvgIpc) is 3.08. The SMILES string of the molecule is O=C(Nc1ccc(F)cc1)c1cccc(N2CCc3ccccc32)n1. The summed E-state index contributed by atoms with van der Waals surface area (Å²) >= 11 is 0. The van der Waals surface area contributed by atoms with Crippen LogP contribution in [-0.2, 0) is 6.42 Å². The lowest BCUT2D eigenvalue weighted by Crippen LogP contribution is -2.18. The summed E-state index contributed by atoms with van der Waals surface area (Å²) in [6, 6.07) is 19.3. The summed E-state index contributed by atoms with van der Waals surface area (Å²) in [5.41, 5.74) is 3.27. The van der Waals surface area contributed by atoms with Crippen LogP contribution in [0.4, 0.5) is 21.6 Å². The van der Waals surface area contributed by atoms with Crippen LogP contribution in [0.5, 0.6) is 0 Å². The Morgan fingerprint density at radius 3 is 2.64 bits per heavy atom. The van der Waals surface area contributed by atoms with Crippen molar-refractivity contribution in [1.82, 2.24) is 4.98 Å². The summed E-state index contributed by atoms with van der Waals surface area (Å²) in [5, 5.41) is 2.74. The molecule has 0 saturated carbocycles. The van der Waals surface area contributed by atoms with Crippen LogP contribution in [0.15, 0.2) is 66.7 Å². The highest BCUT2D eigenvalue weighted by Gasteiger charge is 2.21. The second-order valence-corrected chi connectivity index (χ2v) is 5.87. The van der Waals surface area contributed by atoms with Crippen LogP contribution >= 0.6 is 0 Å². The number of para-hydroxylation sites is 1. The van der Waals surface area contributed by atoms with Crippen molar-refractivity contribution in [3.8, 4) is 0 Å². The van der Waals surface area contributed by atoms with Gasteiger partial charge in [-0.25, -0.2) is 9.37 Å². The van der Waals surface area contributed by atoms with Crippen molar-refractivity contribution in [2.24, 2.45) is 0 Å². The van der Waals surface area contributed by atoms with Crippen molar-refractivity contribution >= 4 is 23.1 Å². The quantitative estimate of drug-likeness (QED) is 0.782. The van der Waals surface area contributed by atoms with Crippen LogP contribution < -0.4 is 10.2 Å². The van der Waals surface area contributed by atoms with Gasteiger partial charge in [-0.3, -0.25) is 4.79 Å².